The van der Waals surface area contributed by atoms with E-state index in [1.54, 1.807) is 0 Å². The van der Waals surface area contributed by atoms with E-state index in [0.29, 0.717) is 12.5 Å². The summed E-state index contributed by atoms with van der Waals surface area (Å²) in [6, 6.07) is 2.56. The Morgan fingerprint density at radius 3 is 2.47 bits per heavy atom. The minimum atomic E-state index is -1.70. The fourth-order valence-corrected chi connectivity index (χ4v) is 1.55. The molecule has 0 heterocycles. The maximum atomic E-state index is 13.4. The van der Waals surface area contributed by atoms with Crippen molar-refractivity contribution in [2.45, 2.75) is 26.3 Å². The number of nitriles is 1. The summed E-state index contributed by atoms with van der Waals surface area (Å²) >= 11 is 0. The summed E-state index contributed by atoms with van der Waals surface area (Å²) in [6.45, 7) is 3.71. The maximum Gasteiger partial charge on any atom is 0.255 e. The molecule has 0 fully saturated rings. The lowest BCUT2D eigenvalue weighted by Gasteiger charge is -2.14. The molecule has 1 unspecified atom stereocenters. The molecule has 3 nitrogen and oxygen atoms in total. The number of carbonyl (C=O) groups excluding carboxylic acids is 1. The van der Waals surface area contributed by atoms with Crippen LogP contribution in [0.3, 0.4) is 0 Å². The smallest absolute Gasteiger partial charge is 0.255 e. The van der Waals surface area contributed by atoms with Crippen LogP contribution in [0, 0.1) is 34.7 Å². The zero-order valence-corrected chi connectivity index (χ0v) is 10.5. The summed E-state index contributed by atoms with van der Waals surface area (Å²) in [7, 11) is 0. The second kappa shape index (κ2) is 6.23. The number of hydrogen-bond acceptors (Lipinski definition) is 2. The zero-order valence-electron chi connectivity index (χ0n) is 10.5. The number of hydrogen-bond donors (Lipinski definition) is 1. The second-order valence-corrected chi connectivity index (χ2v) is 4.51. The van der Waals surface area contributed by atoms with E-state index >= 15 is 0 Å². The molecular weight excluding hydrogens is 257 g/mol. The largest absolute Gasteiger partial charge is 0.336 e. The van der Waals surface area contributed by atoms with Crippen molar-refractivity contribution in [2.75, 3.05) is 0 Å². The van der Waals surface area contributed by atoms with Crippen molar-refractivity contribution < 1.29 is 18.0 Å². The van der Waals surface area contributed by atoms with Crippen LogP contribution in [-0.2, 0) is 0 Å². The van der Waals surface area contributed by atoms with Crippen LogP contribution in [0.1, 0.15) is 30.6 Å². The summed E-state index contributed by atoms with van der Waals surface area (Å²) in [5.74, 6) is -5.42. The maximum absolute atomic E-state index is 13.4. The Morgan fingerprint density at radius 2 is 1.95 bits per heavy atom. The highest BCUT2D eigenvalue weighted by Crippen LogP contribution is 2.15. The fraction of sp³-hybridized carbons (Fsp3) is 0.385. The predicted molar refractivity (Wildman–Crippen MR) is 62.6 cm³/mol. The molecule has 102 valence electrons. The first-order valence-electron chi connectivity index (χ1n) is 5.70. The van der Waals surface area contributed by atoms with Gasteiger partial charge in [-0.05, 0) is 24.5 Å². The lowest BCUT2D eigenvalue weighted by Crippen LogP contribution is -2.35. The van der Waals surface area contributed by atoms with Gasteiger partial charge in [0.15, 0.2) is 17.5 Å². The van der Waals surface area contributed by atoms with Gasteiger partial charge in [-0.15, -0.1) is 0 Å². The number of nitrogens with one attached hydrogen (secondary N) is 1. The quantitative estimate of drug-likeness (QED) is 0.855. The van der Waals surface area contributed by atoms with Gasteiger partial charge in [0.05, 0.1) is 11.6 Å². The molecule has 0 spiro atoms. The Bertz CT molecular complexity index is 523. The molecular formula is C13H13F3N2O. The van der Waals surface area contributed by atoms with Gasteiger partial charge in [0.2, 0.25) is 0 Å². The molecule has 6 heteroatoms. The average molecular weight is 270 g/mol. The van der Waals surface area contributed by atoms with Gasteiger partial charge in [0.1, 0.15) is 6.04 Å². The van der Waals surface area contributed by atoms with Crippen molar-refractivity contribution in [1.29, 1.82) is 5.26 Å². The molecule has 0 aliphatic rings. The van der Waals surface area contributed by atoms with E-state index in [1.165, 1.54) is 0 Å². The molecule has 0 saturated heterocycles. The summed E-state index contributed by atoms with van der Waals surface area (Å²) in [4.78, 5) is 11.7. The molecule has 1 amide bonds. The monoisotopic (exact) mass is 270 g/mol. The number of nitrogens with zero attached hydrogens (tertiary/aromatic N) is 1. The highest BCUT2D eigenvalue weighted by Gasteiger charge is 2.21. The average Bonchev–Trinajstić information content (AvgIpc) is 2.34. The molecule has 0 aliphatic heterocycles. The molecule has 1 aromatic rings. The molecule has 1 rings (SSSR count). The molecule has 0 aromatic heterocycles. The van der Waals surface area contributed by atoms with Crippen molar-refractivity contribution in [2.24, 2.45) is 5.92 Å². The Hall–Kier alpha value is -2.03. The molecule has 0 saturated carbocycles. The normalized spacial score (nSPS) is 12.1. The van der Waals surface area contributed by atoms with Crippen molar-refractivity contribution in [3.05, 3.63) is 35.1 Å². The third kappa shape index (κ3) is 3.71. The van der Waals surface area contributed by atoms with Crippen LogP contribution in [0.2, 0.25) is 0 Å². The van der Waals surface area contributed by atoms with Crippen LogP contribution in [0.15, 0.2) is 12.1 Å². The van der Waals surface area contributed by atoms with E-state index in [4.69, 9.17) is 5.26 Å². The molecule has 19 heavy (non-hydrogen) atoms. The minimum Gasteiger partial charge on any atom is -0.336 e. The lowest BCUT2D eigenvalue weighted by molar-refractivity contribution is 0.0936. The number of benzene rings is 1. The number of amides is 1. The van der Waals surface area contributed by atoms with Gasteiger partial charge in [-0.25, -0.2) is 13.2 Å². The van der Waals surface area contributed by atoms with Gasteiger partial charge < -0.3 is 5.32 Å². The second-order valence-electron chi connectivity index (χ2n) is 4.51. The van der Waals surface area contributed by atoms with E-state index in [1.807, 2.05) is 19.9 Å². The van der Waals surface area contributed by atoms with Crippen molar-refractivity contribution in [3.63, 3.8) is 0 Å². The number of rotatable bonds is 4. The van der Waals surface area contributed by atoms with Crippen molar-refractivity contribution in [3.8, 4) is 6.07 Å². The third-order valence-corrected chi connectivity index (χ3v) is 2.45. The topological polar surface area (TPSA) is 52.9 Å². The summed E-state index contributed by atoms with van der Waals surface area (Å²) in [5.41, 5.74) is -0.622. The predicted octanol–water partition coefficient (Wildman–Crippen LogP) is 2.77. The fourth-order valence-electron chi connectivity index (χ4n) is 1.55. The van der Waals surface area contributed by atoms with Gasteiger partial charge >= 0.3 is 0 Å². The van der Waals surface area contributed by atoms with Crippen LogP contribution in [0.5, 0.6) is 0 Å². The molecule has 0 aliphatic carbocycles. The van der Waals surface area contributed by atoms with Crippen LogP contribution in [-0.4, -0.2) is 11.9 Å². The van der Waals surface area contributed by atoms with Gasteiger partial charge in [-0.1, -0.05) is 13.8 Å². The highest BCUT2D eigenvalue weighted by molar-refractivity contribution is 5.94. The first kappa shape index (κ1) is 15.0. The lowest BCUT2D eigenvalue weighted by atomic mass is 10.0. The van der Waals surface area contributed by atoms with E-state index < -0.39 is 35.0 Å². The number of carbonyl (C=O) groups is 1. The molecule has 0 radical (unpaired) electrons. The Balaban J connectivity index is 2.90. The Kier molecular flexibility index (Phi) is 4.93. The summed E-state index contributed by atoms with van der Waals surface area (Å²) < 4.78 is 39.1. The molecule has 1 N–H and O–H groups in total. The van der Waals surface area contributed by atoms with Crippen LogP contribution in [0.4, 0.5) is 13.2 Å². The molecule has 1 aromatic carbocycles. The van der Waals surface area contributed by atoms with Gasteiger partial charge in [-0.2, -0.15) is 5.26 Å². The summed E-state index contributed by atoms with van der Waals surface area (Å²) in [5, 5.41) is 11.1. The van der Waals surface area contributed by atoms with Gasteiger partial charge in [0.25, 0.3) is 5.91 Å². The van der Waals surface area contributed by atoms with Crippen molar-refractivity contribution in [1.82, 2.24) is 5.32 Å². The zero-order chi connectivity index (χ0) is 14.6. The number of halogens is 3. The van der Waals surface area contributed by atoms with Crippen LogP contribution < -0.4 is 5.32 Å². The van der Waals surface area contributed by atoms with Gasteiger partial charge in [0, 0.05) is 0 Å². The Morgan fingerprint density at radius 1 is 1.32 bits per heavy atom. The van der Waals surface area contributed by atoms with E-state index in [0.717, 1.165) is 6.07 Å². The third-order valence-electron chi connectivity index (χ3n) is 2.45. The van der Waals surface area contributed by atoms with Crippen molar-refractivity contribution >= 4 is 5.91 Å². The minimum absolute atomic E-state index is 0.153. The molecule has 0 bridgehead atoms. The molecule has 1 atom stereocenters. The SMILES string of the molecule is CC(C)CC(C#N)NC(=O)c1ccc(F)c(F)c1F. The standard InChI is InChI=1S/C13H13F3N2O/c1-7(2)5-8(6-17)18-13(19)9-3-4-10(14)12(16)11(9)15/h3-4,7-8H,5H2,1-2H3,(H,18,19). The van der Waals surface area contributed by atoms with E-state index in [9.17, 15) is 18.0 Å². The Labute approximate surface area is 109 Å². The first-order chi connectivity index (χ1) is 8.86. The first-order valence-corrected chi connectivity index (χ1v) is 5.70. The van der Waals surface area contributed by atoms with Crippen LogP contribution in [0.25, 0.3) is 0 Å². The summed E-state index contributed by atoms with van der Waals surface area (Å²) in [6.07, 6.45) is 0.382. The highest BCUT2D eigenvalue weighted by atomic mass is 19.2. The van der Waals surface area contributed by atoms with Crippen LogP contribution >= 0.6 is 0 Å². The van der Waals surface area contributed by atoms with E-state index in [-0.39, 0.29) is 5.92 Å². The van der Waals surface area contributed by atoms with E-state index in [2.05, 4.69) is 5.32 Å². The van der Waals surface area contributed by atoms with Gasteiger partial charge in [-0.3, -0.25) is 4.79 Å².